The molecule has 0 N–H and O–H groups in total. The van der Waals surface area contributed by atoms with Crippen LogP contribution < -0.4 is 9.64 Å². The summed E-state index contributed by atoms with van der Waals surface area (Å²) in [5.74, 6) is 0.352. The van der Waals surface area contributed by atoms with Crippen LogP contribution in [0.4, 0.5) is 9.52 Å². The number of hydrogen-bond donors (Lipinski definition) is 0. The zero-order valence-corrected chi connectivity index (χ0v) is 19.2. The molecule has 1 unspecified atom stereocenters. The van der Waals surface area contributed by atoms with Gasteiger partial charge in [-0.2, -0.15) is 8.68 Å². The summed E-state index contributed by atoms with van der Waals surface area (Å²) in [5.41, 5.74) is 1.22. The van der Waals surface area contributed by atoms with E-state index in [0.29, 0.717) is 36.6 Å². The molecule has 1 aromatic heterocycles. The Morgan fingerprint density at radius 2 is 1.79 bits per heavy atom. The van der Waals surface area contributed by atoms with Crippen LogP contribution in [0.3, 0.4) is 0 Å². The van der Waals surface area contributed by atoms with Crippen LogP contribution in [-0.4, -0.2) is 65.9 Å². The van der Waals surface area contributed by atoms with Crippen LogP contribution in [-0.2, 0) is 16.4 Å². The summed E-state index contributed by atoms with van der Waals surface area (Å²) < 4.78 is 50.8. The molecule has 0 bridgehead atoms. The van der Waals surface area contributed by atoms with E-state index in [9.17, 15) is 17.6 Å². The maximum atomic E-state index is 13.2. The summed E-state index contributed by atoms with van der Waals surface area (Å²) in [7, 11) is -3.85. The maximum absolute atomic E-state index is 13.2. The number of hydrogen-bond acceptors (Lipinski definition) is 8. The number of fused-ring (bicyclic) bond motifs is 1. The van der Waals surface area contributed by atoms with Crippen molar-refractivity contribution in [3.05, 3.63) is 71.3 Å². The Morgan fingerprint density at radius 1 is 1.06 bits per heavy atom. The average molecular weight is 489 g/mol. The molecule has 1 atom stereocenters. The first-order valence-electron chi connectivity index (χ1n) is 10.5. The van der Waals surface area contributed by atoms with E-state index < -0.39 is 21.1 Å². The predicted octanol–water partition coefficient (Wildman–Crippen LogP) is 2.36. The van der Waals surface area contributed by atoms with Gasteiger partial charge in [0.1, 0.15) is 24.0 Å². The molecule has 33 heavy (non-hydrogen) atoms. The van der Waals surface area contributed by atoms with Gasteiger partial charge in [-0.3, -0.25) is 4.79 Å². The zero-order valence-electron chi connectivity index (χ0n) is 17.6. The molecule has 3 aromatic rings. The molecule has 3 heterocycles. The van der Waals surface area contributed by atoms with Gasteiger partial charge >= 0.3 is 0 Å². The molecule has 2 aliphatic heterocycles. The maximum Gasteiger partial charge on any atom is 0.228 e. The molecular formula is C22H21FN4O4S2. The van der Waals surface area contributed by atoms with Crippen molar-refractivity contribution >= 4 is 32.5 Å². The Kier molecular flexibility index (Phi) is 5.85. The van der Waals surface area contributed by atoms with E-state index in [1.54, 1.807) is 36.4 Å². The van der Waals surface area contributed by atoms with E-state index in [2.05, 4.69) is 9.36 Å². The van der Waals surface area contributed by atoms with Gasteiger partial charge in [-0.25, -0.2) is 17.8 Å². The fraction of sp³-hybridized carbons (Fsp3) is 0.318. The van der Waals surface area contributed by atoms with Gasteiger partial charge in [0.05, 0.1) is 5.56 Å². The molecule has 2 aromatic carbocycles. The lowest BCUT2D eigenvalue weighted by Gasteiger charge is -2.36. The second-order valence-electron chi connectivity index (χ2n) is 7.89. The van der Waals surface area contributed by atoms with Crippen LogP contribution in [0.5, 0.6) is 5.75 Å². The van der Waals surface area contributed by atoms with Crippen LogP contribution in [0.2, 0.25) is 0 Å². The summed E-state index contributed by atoms with van der Waals surface area (Å²) in [6.45, 7) is 1.22. The smallest absolute Gasteiger partial charge is 0.228 e. The lowest BCUT2D eigenvalue weighted by Crippen LogP contribution is -2.54. The molecule has 172 valence electrons. The number of aromatic nitrogens is 2. The Balaban J connectivity index is 1.23. The molecular weight excluding hydrogens is 467 g/mol. The minimum atomic E-state index is -3.85. The Labute approximate surface area is 194 Å². The van der Waals surface area contributed by atoms with Crippen LogP contribution in [0.15, 0.2) is 48.5 Å². The molecule has 5 rings (SSSR count). The summed E-state index contributed by atoms with van der Waals surface area (Å²) >= 11 is 1.26. The van der Waals surface area contributed by atoms with E-state index in [0.717, 1.165) is 10.7 Å². The van der Waals surface area contributed by atoms with Crippen molar-refractivity contribution < 1.29 is 22.3 Å². The number of anilines is 1. The van der Waals surface area contributed by atoms with Gasteiger partial charge < -0.3 is 9.64 Å². The Bertz CT molecular complexity index is 1270. The van der Waals surface area contributed by atoms with E-state index >= 15 is 0 Å². The Morgan fingerprint density at radius 3 is 2.55 bits per heavy atom. The highest BCUT2D eigenvalue weighted by Gasteiger charge is 2.43. The molecule has 1 saturated heterocycles. The van der Waals surface area contributed by atoms with Gasteiger partial charge in [-0.1, -0.05) is 24.3 Å². The van der Waals surface area contributed by atoms with Gasteiger partial charge in [0.15, 0.2) is 11.0 Å². The first kappa shape index (κ1) is 21.9. The normalized spacial score (nSPS) is 19.2. The average Bonchev–Trinajstić information content (AvgIpc) is 3.29. The van der Waals surface area contributed by atoms with Gasteiger partial charge in [-0.05, 0) is 29.8 Å². The lowest BCUT2D eigenvalue weighted by atomic mass is 10.1. The van der Waals surface area contributed by atoms with Crippen molar-refractivity contribution in [1.29, 1.82) is 0 Å². The summed E-state index contributed by atoms with van der Waals surface area (Å²) in [6, 6.07) is 12.9. The topological polar surface area (TPSA) is 92.7 Å². The number of carbonyl (C=O) groups excluding carboxylic acids is 1. The van der Waals surface area contributed by atoms with E-state index in [1.165, 1.54) is 28.0 Å². The molecule has 0 aliphatic carbocycles. The number of Topliss-reactive ketones (excluding diaryl/α,β-unsaturated/α-hetero) is 1. The molecule has 1 fully saturated rings. The number of ketones is 1. The summed E-state index contributed by atoms with van der Waals surface area (Å²) in [4.78, 5) is 19.4. The third kappa shape index (κ3) is 4.35. The summed E-state index contributed by atoms with van der Waals surface area (Å²) in [6.07, 6.45) is 0.496. The van der Waals surface area contributed by atoms with Crippen LogP contribution in [0.1, 0.15) is 21.7 Å². The first-order chi connectivity index (χ1) is 15.9. The fourth-order valence-corrected chi connectivity index (χ4v) is 6.38. The number of para-hydroxylation sites is 1. The van der Waals surface area contributed by atoms with Crippen molar-refractivity contribution in [2.75, 3.05) is 37.7 Å². The number of piperazine rings is 1. The van der Waals surface area contributed by atoms with Gasteiger partial charge in [0, 0.05) is 44.1 Å². The largest absolute Gasteiger partial charge is 0.491 e. The van der Waals surface area contributed by atoms with E-state index in [-0.39, 0.29) is 25.5 Å². The van der Waals surface area contributed by atoms with Crippen LogP contribution in [0.25, 0.3) is 0 Å². The number of nitrogens with zero attached hydrogens (tertiary/aromatic N) is 4. The quantitative estimate of drug-likeness (QED) is 0.544. The minimum absolute atomic E-state index is 0.179. The number of benzene rings is 2. The van der Waals surface area contributed by atoms with Crippen molar-refractivity contribution in [3.8, 4) is 5.75 Å². The molecule has 0 spiro atoms. The molecule has 8 nitrogen and oxygen atoms in total. The number of sulfonamides is 1. The zero-order chi connectivity index (χ0) is 23.0. The van der Waals surface area contributed by atoms with Gasteiger partial charge in [-0.15, -0.1) is 0 Å². The van der Waals surface area contributed by atoms with Crippen molar-refractivity contribution in [3.63, 3.8) is 0 Å². The first-order valence-corrected chi connectivity index (χ1v) is 12.8. The molecule has 0 saturated carbocycles. The second kappa shape index (κ2) is 8.81. The molecule has 0 radical (unpaired) electrons. The van der Waals surface area contributed by atoms with Crippen LogP contribution >= 0.6 is 11.5 Å². The highest BCUT2D eigenvalue weighted by molar-refractivity contribution is 7.90. The van der Waals surface area contributed by atoms with Crippen LogP contribution in [0, 0.1) is 5.82 Å². The standard InChI is InChI=1S/C22H21FN4O4S2/c23-16-7-5-15(6-8-16)13-20-24-22(32-25-20)26-9-11-27(12-10-26)33(29,30)19-14-31-18-4-2-1-3-17(18)21(19)28/h1-8,19H,9-14H2. The summed E-state index contributed by atoms with van der Waals surface area (Å²) in [5, 5.41) is -0.516. The lowest BCUT2D eigenvalue weighted by molar-refractivity contribution is 0.0935. The number of halogens is 1. The Hall–Kier alpha value is -2.89. The highest BCUT2D eigenvalue weighted by Crippen LogP contribution is 2.29. The van der Waals surface area contributed by atoms with Crippen molar-refractivity contribution in [1.82, 2.24) is 13.7 Å². The fourth-order valence-electron chi connectivity index (χ4n) is 3.98. The SMILES string of the molecule is O=C1c2ccccc2OCC1S(=O)(=O)N1CCN(c2nc(Cc3ccc(F)cc3)ns2)CC1. The predicted molar refractivity (Wildman–Crippen MR) is 122 cm³/mol. The number of ether oxygens (including phenoxy) is 1. The van der Waals surface area contributed by atoms with Gasteiger partial charge in [0.25, 0.3) is 0 Å². The minimum Gasteiger partial charge on any atom is -0.491 e. The molecule has 2 aliphatic rings. The van der Waals surface area contributed by atoms with Crippen molar-refractivity contribution in [2.45, 2.75) is 11.7 Å². The molecule has 11 heteroatoms. The third-order valence-electron chi connectivity index (χ3n) is 5.80. The second-order valence-corrected chi connectivity index (χ2v) is 10.7. The third-order valence-corrected chi connectivity index (χ3v) is 8.77. The van der Waals surface area contributed by atoms with E-state index in [1.807, 2.05) is 4.90 Å². The number of rotatable bonds is 5. The highest BCUT2D eigenvalue weighted by atomic mass is 32.2. The van der Waals surface area contributed by atoms with E-state index in [4.69, 9.17) is 4.74 Å². The van der Waals surface area contributed by atoms with Gasteiger partial charge in [0.2, 0.25) is 15.2 Å². The van der Waals surface area contributed by atoms with Crippen molar-refractivity contribution in [2.24, 2.45) is 0 Å². The monoisotopic (exact) mass is 488 g/mol. The molecule has 0 amide bonds. The number of carbonyl (C=O) groups is 1.